The van der Waals surface area contributed by atoms with E-state index in [2.05, 4.69) is 182 Å². The van der Waals surface area contributed by atoms with Gasteiger partial charge in [-0.15, -0.1) is 0 Å². The Hall–Kier alpha value is -5.66. The molecule has 46 heavy (non-hydrogen) atoms. The lowest BCUT2D eigenvalue weighted by atomic mass is 9.82. The van der Waals surface area contributed by atoms with Crippen molar-refractivity contribution >= 4 is 21.8 Å². The molecule has 0 saturated heterocycles. The van der Waals surface area contributed by atoms with Crippen molar-refractivity contribution in [3.63, 3.8) is 0 Å². The molecule has 0 saturated carbocycles. The maximum Gasteiger partial charge on any atom is 0.0544 e. The van der Waals surface area contributed by atoms with E-state index < -0.39 is 0 Å². The predicted octanol–water partition coefficient (Wildman–Crippen LogP) is 12.1. The molecule has 1 heteroatoms. The van der Waals surface area contributed by atoms with Crippen LogP contribution in [0.15, 0.2) is 164 Å². The first kappa shape index (κ1) is 26.7. The second kappa shape index (κ2) is 10.2. The van der Waals surface area contributed by atoms with Gasteiger partial charge in [-0.3, -0.25) is 0 Å². The van der Waals surface area contributed by atoms with Crippen LogP contribution in [0.2, 0.25) is 0 Å². The Kier molecular flexibility index (Phi) is 5.92. The number of nitrogens with zero attached hydrogens (tertiary/aromatic N) is 1. The molecule has 7 aromatic carbocycles. The molecule has 1 heterocycles. The number of hydrogen-bond donors (Lipinski definition) is 0. The number of rotatable bonds is 4. The Morgan fingerprint density at radius 2 is 0.957 bits per heavy atom. The van der Waals surface area contributed by atoms with E-state index in [0.29, 0.717) is 0 Å². The standard InChI is InChI=1S/C45H33N/c1-45(2)41-22-11-9-20-37(41)39-28-40-38-21-10-12-23-43(38)46(44(40)29-42(39)45)36-19-13-18-32(27-36)35-25-33(30-14-5-3-6-15-30)24-34(26-35)31-16-7-4-8-17-31/h3-29H,1-2H3. The van der Waals surface area contributed by atoms with E-state index in [-0.39, 0.29) is 5.41 Å². The quantitative estimate of drug-likeness (QED) is 0.193. The molecule has 218 valence electrons. The van der Waals surface area contributed by atoms with Gasteiger partial charge in [-0.25, -0.2) is 0 Å². The van der Waals surface area contributed by atoms with Crippen molar-refractivity contribution in [3.05, 3.63) is 175 Å². The topological polar surface area (TPSA) is 4.93 Å². The zero-order valence-corrected chi connectivity index (χ0v) is 26.0. The van der Waals surface area contributed by atoms with Gasteiger partial charge in [0, 0.05) is 21.9 Å². The maximum absolute atomic E-state index is 2.46. The molecule has 0 radical (unpaired) electrons. The van der Waals surface area contributed by atoms with Gasteiger partial charge in [0.05, 0.1) is 11.0 Å². The first-order valence-electron chi connectivity index (χ1n) is 16.1. The molecule has 1 aliphatic rings. The summed E-state index contributed by atoms with van der Waals surface area (Å²) in [6.45, 7) is 4.72. The minimum Gasteiger partial charge on any atom is -0.309 e. The Labute approximate surface area is 270 Å². The van der Waals surface area contributed by atoms with Crippen LogP contribution in [0.4, 0.5) is 0 Å². The molecule has 0 amide bonds. The average Bonchev–Trinajstić information content (AvgIpc) is 3.56. The third kappa shape index (κ3) is 4.09. The second-order valence-corrected chi connectivity index (χ2v) is 13.0. The number of fused-ring (bicyclic) bond motifs is 6. The van der Waals surface area contributed by atoms with E-state index >= 15 is 0 Å². The molecular formula is C45H33N. The zero-order chi connectivity index (χ0) is 30.8. The fraction of sp³-hybridized carbons (Fsp3) is 0.0667. The highest BCUT2D eigenvalue weighted by Gasteiger charge is 2.36. The van der Waals surface area contributed by atoms with Gasteiger partial charge < -0.3 is 4.57 Å². The highest BCUT2D eigenvalue weighted by molar-refractivity contribution is 6.11. The summed E-state index contributed by atoms with van der Waals surface area (Å²) < 4.78 is 2.46. The third-order valence-corrected chi connectivity index (χ3v) is 9.96. The van der Waals surface area contributed by atoms with Crippen LogP contribution < -0.4 is 0 Å². The molecule has 0 unspecified atom stereocenters. The molecule has 9 rings (SSSR count). The van der Waals surface area contributed by atoms with Crippen LogP contribution >= 0.6 is 0 Å². The predicted molar refractivity (Wildman–Crippen MR) is 195 cm³/mol. The van der Waals surface area contributed by atoms with Gasteiger partial charge in [0.1, 0.15) is 0 Å². The normalized spacial score (nSPS) is 13.2. The number of aromatic nitrogens is 1. The molecule has 1 aliphatic carbocycles. The summed E-state index contributed by atoms with van der Waals surface area (Å²) in [7, 11) is 0. The summed E-state index contributed by atoms with van der Waals surface area (Å²) in [4.78, 5) is 0. The van der Waals surface area contributed by atoms with Crippen LogP contribution in [0.1, 0.15) is 25.0 Å². The Morgan fingerprint density at radius 1 is 0.370 bits per heavy atom. The minimum absolute atomic E-state index is 0.0605. The summed E-state index contributed by atoms with van der Waals surface area (Å²) >= 11 is 0. The van der Waals surface area contributed by atoms with Crippen molar-refractivity contribution < 1.29 is 0 Å². The number of para-hydroxylation sites is 1. The summed E-state index contributed by atoms with van der Waals surface area (Å²) in [6.07, 6.45) is 0. The van der Waals surface area contributed by atoms with Gasteiger partial charge in [0.2, 0.25) is 0 Å². The largest absolute Gasteiger partial charge is 0.309 e. The Morgan fingerprint density at radius 3 is 1.67 bits per heavy atom. The number of benzene rings is 7. The molecule has 0 bridgehead atoms. The molecule has 0 fully saturated rings. The molecule has 1 nitrogen and oxygen atoms in total. The van der Waals surface area contributed by atoms with Crippen molar-refractivity contribution in [3.8, 4) is 50.2 Å². The van der Waals surface area contributed by atoms with Gasteiger partial charge in [-0.05, 0) is 104 Å². The Bertz CT molecular complexity index is 2370. The van der Waals surface area contributed by atoms with Gasteiger partial charge in [0.25, 0.3) is 0 Å². The lowest BCUT2D eigenvalue weighted by Gasteiger charge is -2.21. The molecule has 0 atom stereocenters. The third-order valence-electron chi connectivity index (χ3n) is 9.96. The van der Waals surface area contributed by atoms with Crippen LogP contribution in [-0.2, 0) is 5.41 Å². The van der Waals surface area contributed by atoms with Crippen molar-refractivity contribution in [2.75, 3.05) is 0 Å². The molecule has 0 spiro atoms. The van der Waals surface area contributed by atoms with E-state index in [1.165, 1.54) is 83.1 Å². The first-order valence-corrected chi connectivity index (χ1v) is 16.1. The smallest absolute Gasteiger partial charge is 0.0544 e. The van der Waals surface area contributed by atoms with Crippen LogP contribution in [0, 0.1) is 0 Å². The first-order chi connectivity index (χ1) is 22.6. The summed E-state index contributed by atoms with van der Waals surface area (Å²) in [5, 5.41) is 2.58. The lowest BCUT2D eigenvalue weighted by molar-refractivity contribution is 0.661. The monoisotopic (exact) mass is 587 g/mol. The lowest BCUT2D eigenvalue weighted by Crippen LogP contribution is -2.14. The van der Waals surface area contributed by atoms with Crippen LogP contribution in [-0.4, -0.2) is 4.57 Å². The van der Waals surface area contributed by atoms with Crippen molar-refractivity contribution in [2.45, 2.75) is 19.3 Å². The number of hydrogen-bond acceptors (Lipinski definition) is 0. The van der Waals surface area contributed by atoms with Crippen molar-refractivity contribution in [2.24, 2.45) is 0 Å². The van der Waals surface area contributed by atoms with E-state index in [1.54, 1.807) is 0 Å². The highest BCUT2D eigenvalue weighted by atomic mass is 15.0. The van der Waals surface area contributed by atoms with E-state index in [0.717, 1.165) is 0 Å². The fourth-order valence-corrected chi connectivity index (χ4v) is 7.65. The van der Waals surface area contributed by atoms with E-state index in [9.17, 15) is 0 Å². The fourth-order valence-electron chi connectivity index (χ4n) is 7.65. The molecule has 8 aromatic rings. The van der Waals surface area contributed by atoms with Crippen LogP contribution in [0.25, 0.3) is 72.0 Å². The average molecular weight is 588 g/mol. The van der Waals surface area contributed by atoms with Gasteiger partial charge in [-0.2, -0.15) is 0 Å². The SMILES string of the molecule is CC1(C)c2ccccc2-c2cc3c4ccccc4n(-c4cccc(-c5cc(-c6ccccc6)cc(-c6ccccc6)c5)c4)c3cc21. The molecule has 0 aliphatic heterocycles. The second-order valence-electron chi connectivity index (χ2n) is 13.0. The van der Waals surface area contributed by atoms with E-state index in [4.69, 9.17) is 0 Å². The van der Waals surface area contributed by atoms with E-state index in [1.807, 2.05) is 0 Å². The van der Waals surface area contributed by atoms with Gasteiger partial charge in [0.15, 0.2) is 0 Å². The molecule has 1 aromatic heterocycles. The van der Waals surface area contributed by atoms with Crippen molar-refractivity contribution in [1.82, 2.24) is 4.57 Å². The van der Waals surface area contributed by atoms with Gasteiger partial charge >= 0.3 is 0 Å². The summed E-state index contributed by atoms with van der Waals surface area (Å²) in [5.74, 6) is 0. The van der Waals surface area contributed by atoms with Crippen LogP contribution in [0.5, 0.6) is 0 Å². The maximum atomic E-state index is 2.46. The van der Waals surface area contributed by atoms with Crippen molar-refractivity contribution in [1.29, 1.82) is 0 Å². The molecular weight excluding hydrogens is 555 g/mol. The summed E-state index contributed by atoms with van der Waals surface area (Å²) in [5.41, 5.74) is 16.4. The summed E-state index contributed by atoms with van der Waals surface area (Å²) in [6, 6.07) is 60.1. The zero-order valence-electron chi connectivity index (χ0n) is 26.0. The molecule has 0 N–H and O–H groups in total. The minimum atomic E-state index is -0.0605. The van der Waals surface area contributed by atoms with Crippen LogP contribution in [0.3, 0.4) is 0 Å². The van der Waals surface area contributed by atoms with Gasteiger partial charge in [-0.1, -0.05) is 129 Å². The highest BCUT2D eigenvalue weighted by Crippen LogP contribution is 2.51. The Balaban J connectivity index is 1.26.